The van der Waals surface area contributed by atoms with Gasteiger partial charge >= 0.3 is 11.9 Å². The summed E-state index contributed by atoms with van der Waals surface area (Å²) in [5, 5.41) is 11.2. The smallest absolute Gasteiger partial charge is 0.377 e. The fraction of sp³-hybridized carbons (Fsp3) is 0.533. The summed E-state index contributed by atoms with van der Waals surface area (Å²) in [7, 11) is 1.27. The van der Waals surface area contributed by atoms with Gasteiger partial charge in [-0.25, -0.2) is 14.5 Å². The molecule has 1 aliphatic carbocycles. The average Bonchev–Trinajstić information content (AvgIpc) is 3.21. The highest BCUT2D eigenvalue weighted by Gasteiger charge is 2.28. The molecule has 9 nitrogen and oxygen atoms in total. The Labute approximate surface area is 138 Å². The number of H-pyrrole nitrogens is 1. The van der Waals surface area contributed by atoms with Crippen LogP contribution in [0.25, 0.3) is 0 Å². The van der Waals surface area contributed by atoms with Gasteiger partial charge in [-0.1, -0.05) is 0 Å². The van der Waals surface area contributed by atoms with Crippen LogP contribution in [-0.2, 0) is 33.7 Å². The fourth-order valence-corrected chi connectivity index (χ4v) is 2.79. The molecule has 2 aromatic rings. The second kappa shape index (κ2) is 6.81. The maximum atomic E-state index is 12.2. The topological polar surface area (TPSA) is 112 Å². The summed E-state index contributed by atoms with van der Waals surface area (Å²) in [6.07, 6.45) is 3.59. The molecule has 1 unspecified atom stereocenters. The standard InChI is InChI=1S/C15H19N5O4/c1-9-11-7-10(3-4-12(11)18-17-9)14(21)24-6-5-20-8-16-13(19-20)15(22)23-2/h8,10H,3-7H2,1-2H3,(H,17,18). The molecule has 2 aromatic heterocycles. The first kappa shape index (κ1) is 16.2. The van der Waals surface area contributed by atoms with Gasteiger partial charge in [-0.05, 0) is 31.7 Å². The highest BCUT2D eigenvalue weighted by Crippen LogP contribution is 2.26. The van der Waals surface area contributed by atoms with Crippen LogP contribution in [0.15, 0.2) is 6.33 Å². The van der Waals surface area contributed by atoms with Crippen LogP contribution in [-0.4, -0.2) is 50.6 Å². The maximum Gasteiger partial charge on any atom is 0.377 e. The second-order valence-corrected chi connectivity index (χ2v) is 5.70. The van der Waals surface area contributed by atoms with Gasteiger partial charge in [-0.3, -0.25) is 9.89 Å². The summed E-state index contributed by atoms with van der Waals surface area (Å²) >= 11 is 0. The molecule has 1 aliphatic rings. The lowest BCUT2D eigenvalue weighted by molar-refractivity contribution is -0.149. The monoisotopic (exact) mass is 333 g/mol. The van der Waals surface area contributed by atoms with Crippen LogP contribution in [0.5, 0.6) is 0 Å². The Kier molecular flexibility index (Phi) is 4.59. The Hall–Kier alpha value is -2.71. The molecule has 0 aromatic carbocycles. The molecular formula is C15H19N5O4. The zero-order chi connectivity index (χ0) is 17.1. The molecule has 128 valence electrons. The number of aromatic nitrogens is 5. The van der Waals surface area contributed by atoms with Crippen LogP contribution < -0.4 is 0 Å². The van der Waals surface area contributed by atoms with E-state index in [4.69, 9.17) is 4.74 Å². The van der Waals surface area contributed by atoms with Gasteiger partial charge in [0.25, 0.3) is 5.82 Å². The van der Waals surface area contributed by atoms with Crippen molar-refractivity contribution in [2.75, 3.05) is 13.7 Å². The molecule has 0 bridgehead atoms. The number of methoxy groups -OCH3 is 1. The van der Waals surface area contributed by atoms with E-state index < -0.39 is 5.97 Å². The van der Waals surface area contributed by atoms with Crippen molar-refractivity contribution in [2.24, 2.45) is 5.92 Å². The van der Waals surface area contributed by atoms with E-state index in [1.165, 1.54) is 18.1 Å². The Morgan fingerprint density at radius 2 is 2.29 bits per heavy atom. The summed E-state index contributed by atoms with van der Waals surface area (Å²) in [5.74, 6) is -0.969. The van der Waals surface area contributed by atoms with Crippen molar-refractivity contribution < 1.29 is 19.1 Å². The minimum absolute atomic E-state index is 0.0148. The van der Waals surface area contributed by atoms with Crippen LogP contribution >= 0.6 is 0 Å². The molecule has 0 fully saturated rings. The van der Waals surface area contributed by atoms with Gasteiger partial charge in [0.15, 0.2) is 0 Å². The number of ether oxygens (including phenoxy) is 2. The summed E-state index contributed by atoms with van der Waals surface area (Å²) in [6.45, 7) is 2.47. The van der Waals surface area contributed by atoms with Crippen LogP contribution in [0.1, 0.15) is 34.0 Å². The molecule has 0 aliphatic heterocycles. The van der Waals surface area contributed by atoms with Crippen LogP contribution in [0.2, 0.25) is 0 Å². The molecule has 9 heteroatoms. The summed E-state index contributed by atoms with van der Waals surface area (Å²) in [4.78, 5) is 27.3. The van der Waals surface area contributed by atoms with Gasteiger partial charge in [-0.15, -0.1) is 5.10 Å². The third kappa shape index (κ3) is 3.29. The lowest BCUT2D eigenvalue weighted by Crippen LogP contribution is -2.26. The van der Waals surface area contributed by atoms with Gasteiger partial charge in [0.05, 0.1) is 25.3 Å². The van der Waals surface area contributed by atoms with Crippen molar-refractivity contribution in [3.63, 3.8) is 0 Å². The molecule has 1 N–H and O–H groups in total. The van der Waals surface area contributed by atoms with Crippen molar-refractivity contribution in [1.82, 2.24) is 25.0 Å². The molecular weight excluding hydrogens is 314 g/mol. The predicted octanol–water partition coefficient (Wildman–Crippen LogP) is 0.445. The molecule has 0 saturated heterocycles. The van der Waals surface area contributed by atoms with E-state index >= 15 is 0 Å². The van der Waals surface area contributed by atoms with Crippen LogP contribution in [0.4, 0.5) is 0 Å². The first-order valence-electron chi connectivity index (χ1n) is 7.75. The number of carbonyl (C=O) groups is 2. The third-order valence-corrected chi connectivity index (χ3v) is 4.14. The highest BCUT2D eigenvalue weighted by molar-refractivity contribution is 5.84. The normalized spacial score (nSPS) is 16.5. The van der Waals surface area contributed by atoms with Crippen molar-refractivity contribution in [3.8, 4) is 0 Å². The van der Waals surface area contributed by atoms with Crippen LogP contribution in [0.3, 0.4) is 0 Å². The molecule has 2 heterocycles. The van der Waals surface area contributed by atoms with E-state index in [-0.39, 0.29) is 24.3 Å². The number of aryl methyl sites for hydroxylation is 2. The van der Waals surface area contributed by atoms with Gasteiger partial charge in [0.2, 0.25) is 0 Å². The minimum atomic E-state index is -0.598. The lowest BCUT2D eigenvalue weighted by Gasteiger charge is -2.20. The average molecular weight is 333 g/mol. The second-order valence-electron chi connectivity index (χ2n) is 5.70. The van der Waals surface area contributed by atoms with E-state index in [0.717, 1.165) is 29.8 Å². The van der Waals surface area contributed by atoms with E-state index in [2.05, 4.69) is 25.0 Å². The summed E-state index contributed by atoms with van der Waals surface area (Å²) in [5.41, 5.74) is 3.19. The molecule has 0 amide bonds. The number of carbonyl (C=O) groups excluding carboxylic acids is 2. The quantitative estimate of drug-likeness (QED) is 0.790. The number of nitrogens with one attached hydrogen (secondary N) is 1. The van der Waals surface area contributed by atoms with Crippen molar-refractivity contribution in [1.29, 1.82) is 0 Å². The first-order valence-corrected chi connectivity index (χ1v) is 7.75. The van der Waals surface area contributed by atoms with E-state index in [9.17, 15) is 9.59 Å². The highest BCUT2D eigenvalue weighted by atomic mass is 16.5. The van der Waals surface area contributed by atoms with Crippen molar-refractivity contribution in [2.45, 2.75) is 32.7 Å². The third-order valence-electron chi connectivity index (χ3n) is 4.14. The summed E-state index contributed by atoms with van der Waals surface area (Å²) < 4.78 is 11.3. The Balaban J connectivity index is 1.49. The van der Waals surface area contributed by atoms with E-state index in [1.807, 2.05) is 6.92 Å². The van der Waals surface area contributed by atoms with Crippen molar-refractivity contribution in [3.05, 3.63) is 29.1 Å². The van der Waals surface area contributed by atoms with E-state index in [1.54, 1.807) is 0 Å². The molecule has 3 rings (SSSR count). The van der Waals surface area contributed by atoms with Crippen LogP contribution in [0, 0.1) is 12.8 Å². The van der Waals surface area contributed by atoms with Gasteiger partial charge in [0.1, 0.15) is 12.9 Å². The number of hydrogen-bond donors (Lipinski definition) is 1. The van der Waals surface area contributed by atoms with Gasteiger partial charge in [0, 0.05) is 5.69 Å². The van der Waals surface area contributed by atoms with Gasteiger partial charge < -0.3 is 9.47 Å². The van der Waals surface area contributed by atoms with Crippen molar-refractivity contribution >= 4 is 11.9 Å². The Bertz CT molecular complexity index is 751. The summed E-state index contributed by atoms with van der Waals surface area (Å²) in [6, 6.07) is 0. The largest absolute Gasteiger partial charge is 0.463 e. The molecule has 24 heavy (non-hydrogen) atoms. The number of aromatic amines is 1. The zero-order valence-corrected chi connectivity index (χ0v) is 13.6. The molecule has 0 spiro atoms. The Morgan fingerprint density at radius 1 is 1.46 bits per heavy atom. The van der Waals surface area contributed by atoms with Gasteiger partial charge in [-0.2, -0.15) is 5.10 Å². The fourth-order valence-electron chi connectivity index (χ4n) is 2.79. The number of hydrogen-bond acceptors (Lipinski definition) is 7. The maximum absolute atomic E-state index is 12.2. The molecule has 0 saturated carbocycles. The first-order chi connectivity index (χ1) is 11.6. The Morgan fingerprint density at radius 3 is 3.08 bits per heavy atom. The van der Waals surface area contributed by atoms with E-state index in [0.29, 0.717) is 13.0 Å². The number of rotatable bonds is 5. The minimum Gasteiger partial charge on any atom is -0.463 e. The lowest BCUT2D eigenvalue weighted by atomic mass is 9.86. The number of fused-ring (bicyclic) bond motifs is 1. The SMILES string of the molecule is COC(=O)c1ncn(CCOC(=O)C2CCc3n[nH]c(C)c3C2)n1. The zero-order valence-electron chi connectivity index (χ0n) is 13.6. The molecule has 1 atom stereocenters. The molecule has 0 radical (unpaired) electrons. The number of esters is 2. The predicted molar refractivity (Wildman–Crippen MR) is 81.2 cm³/mol. The number of nitrogens with zero attached hydrogens (tertiary/aromatic N) is 4.